The largest absolute Gasteiger partial charge is 0.397 e. The van der Waals surface area contributed by atoms with Crippen molar-refractivity contribution < 1.29 is 13.9 Å². The summed E-state index contributed by atoms with van der Waals surface area (Å²) in [5.41, 5.74) is 8.95. The van der Waals surface area contributed by atoms with E-state index in [1.807, 2.05) is 12.1 Å². The molecule has 3 N–H and O–H groups in total. The van der Waals surface area contributed by atoms with Gasteiger partial charge in [-0.25, -0.2) is 9.18 Å². The Labute approximate surface area is 139 Å². The Morgan fingerprint density at radius 3 is 2.42 bits per heavy atom. The van der Waals surface area contributed by atoms with Crippen molar-refractivity contribution in [3.05, 3.63) is 48.3 Å². The molecule has 0 aliphatic carbocycles. The second-order valence-electron chi connectivity index (χ2n) is 6.59. The zero-order valence-corrected chi connectivity index (χ0v) is 13.1. The lowest BCUT2D eigenvalue weighted by Crippen LogP contribution is -2.67. The number of nitrogens with two attached hydrogens (primary N) is 1. The third kappa shape index (κ3) is 2.59. The molecule has 2 saturated heterocycles. The van der Waals surface area contributed by atoms with Gasteiger partial charge in [0.15, 0.2) is 0 Å². The number of hydrogen-bond donors (Lipinski definition) is 2. The van der Waals surface area contributed by atoms with Gasteiger partial charge in [0.2, 0.25) is 0 Å². The number of ether oxygens (including phenoxy) is 1. The number of urea groups is 1. The summed E-state index contributed by atoms with van der Waals surface area (Å²) in [5, 5.41) is 2.87. The van der Waals surface area contributed by atoms with Gasteiger partial charge in [-0.3, -0.25) is 0 Å². The molecule has 2 aromatic rings. The van der Waals surface area contributed by atoms with Crippen molar-refractivity contribution in [2.45, 2.75) is 0 Å². The zero-order valence-electron chi connectivity index (χ0n) is 13.1. The number of carbonyl (C=O) groups excluding carboxylic acids is 1. The Morgan fingerprint density at radius 1 is 1.12 bits per heavy atom. The number of rotatable bonds is 2. The van der Waals surface area contributed by atoms with E-state index in [1.54, 1.807) is 23.1 Å². The molecular weight excluding hydrogens is 309 g/mol. The first-order valence-electron chi connectivity index (χ1n) is 7.84. The van der Waals surface area contributed by atoms with Crippen molar-refractivity contribution in [2.75, 3.05) is 37.4 Å². The maximum atomic E-state index is 13.1. The van der Waals surface area contributed by atoms with Crippen molar-refractivity contribution >= 4 is 17.4 Å². The fourth-order valence-electron chi connectivity index (χ4n) is 3.16. The van der Waals surface area contributed by atoms with Gasteiger partial charge in [-0.05, 0) is 35.4 Å². The molecule has 4 rings (SSSR count). The number of hydrogen-bond acceptors (Lipinski definition) is 3. The average molecular weight is 327 g/mol. The number of likely N-dealkylation sites (tertiary alicyclic amines) is 1. The summed E-state index contributed by atoms with van der Waals surface area (Å²) < 4.78 is 18.3. The van der Waals surface area contributed by atoms with Crippen molar-refractivity contribution in [3.63, 3.8) is 0 Å². The van der Waals surface area contributed by atoms with Crippen LogP contribution in [-0.4, -0.2) is 37.2 Å². The number of anilines is 2. The highest BCUT2D eigenvalue weighted by molar-refractivity contribution is 5.94. The van der Waals surface area contributed by atoms with E-state index in [1.165, 1.54) is 12.1 Å². The predicted octanol–water partition coefficient (Wildman–Crippen LogP) is 2.94. The molecule has 0 unspecified atom stereocenters. The standard InChI is InChI=1S/C18H18FN3O2/c19-14-4-1-12(2-5-14)13-3-6-15(20)16(7-13)21-17(23)22-8-18(9-22)10-24-11-18/h1-7H,8-11,20H2,(H,21,23). The van der Waals surface area contributed by atoms with Crippen molar-refractivity contribution in [1.29, 1.82) is 0 Å². The summed E-state index contributed by atoms with van der Waals surface area (Å²) in [6.45, 7) is 2.91. The summed E-state index contributed by atoms with van der Waals surface area (Å²) in [7, 11) is 0. The first-order valence-corrected chi connectivity index (χ1v) is 7.84. The van der Waals surface area contributed by atoms with Crippen LogP contribution in [0.25, 0.3) is 11.1 Å². The average Bonchev–Trinajstić information content (AvgIpc) is 2.47. The van der Waals surface area contributed by atoms with E-state index >= 15 is 0 Å². The van der Waals surface area contributed by atoms with Crippen LogP contribution in [0.3, 0.4) is 0 Å². The molecular formula is C18H18FN3O2. The number of nitrogens with zero attached hydrogens (tertiary/aromatic N) is 1. The summed E-state index contributed by atoms with van der Waals surface area (Å²) in [4.78, 5) is 14.1. The van der Waals surface area contributed by atoms with Crippen molar-refractivity contribution in [3.8, 4) is 11.1 Å². The summed E-state index contributed by atoms with van der Waals surface area (Å²) in [6.07, 6.45) is 0. The molecule has 0 aromatic heterocycles. The van der Waals surface area contributed by atoms with E-state index in [0.29, 0.717) is 11.4 Å². The fraction of sp³-hybridized carbons (Fsp3) is 0.278. The molecule has 0 atom stereocenters. The minimum Gasteiger partial charge on any atom is -0.397 e. The van der Waals surface area contributed by atoms with Gasteiger partial charge in [0.1, 0.15) is 5.82 Å². The smallest absolute Gasteiger partial charge is 0.321 e. The van der Waals surface area contributed by atoms with Crippen LogP contribution < -0.4 is 11.1 Å². The fourth-order valence-corrected chi connectivity index (χ4v) is 3.16. The topological polar surface area (TPSA) is 67.6 Å². The lowest BCUT2D eigenvalue weighted by molar-refractivity contribution is -0.174. The monoisotopic (exact) mass is 327 g/mol. The highest BCUT2D eigenvalue weighted by Gasteiger charge is 2.50. The van der Waals surface area contributed by atoms with Crippen LogP contribution in [0.4, 0.5) is 20.6 Å². The van der Waals surface area contributed by atoms with Gasteiger partial charge < -0.3 is 20.7 Å². The second-order valence-corrected chi connectivity index (χ2v) is 6.59. The van der Waals surface area contributed by atoms with E-state index in [2.05, 4.69) is 5.32 Å². The van der Waals surface area contributed by atoms with Crippen molar-refractivity contribution in [2.24, 2.45) is 5.41 Å². The number of nitrogen functional groups attached to an aromatic ring is 1. The molecule has 6 heteroatoms. The molecule has 124 valence electrons. The second kappa shape index (κ2) is 5.49. The van der Waals surface area contributed by atoms with Crippen LogP contribution in [0.1, 0.15) is 0 Å². The Bertz CT molecular complexity index is 779. The van der Waals surface area contributed by atoms with Gasteiger partial charge in [-0.2, -0.15) is 0 Å². The Kier molecular flexibility index (Phi) is 3.42. The van der Waals surface area contributed by atoms with E-state index in [9.17, 15) is 9.18 Å². The van der Waals surface area contributed by atoms with Gasteiger partial charge in [-0.1, -0.05) is 18.2 Å². The summed E-state index contributed by atoms with van der Waals surface area (Å²) in [5.74, 6) is -0.283. The molecule has 2 aliphatic heterocycles. The van der Waals surface area contributed by atoms with Crippen LogP contribution in [-0.2, 0) is 4.74 Å². The lowest BCUT2D eigenvalue weighted by atomic mass is 9.78. The Morgan fingerprint density at radius 2 is 1.79 bits per heavy atom. The number of benzene rings is 2. The minimum atomic E-state index is -0.283. The maximum absolute atomic E-state index is 13.1. The Hall–Kier alpha value is -2.60. The van der Waals surface area contributed by atoms with Crippen LogP contribution in [0, 0.1) is 11.2 Å². The predicted molar refractivity (Wildman–Crippen MR) is 90.1 cm³/mol. The zero-order chi connectivity index (χ0) is 16.7. The van der Waals surface area contributed by atoms with Gasteiger partial charge in [0.05, 0.1) is 30.0 Å². The molecule has 0 radical (unpaired) electrons. The molecule has 2 heterocycles. The number of amides is 2. The summed E-state index contributed by atoms with van der Waals surface area (Å²) in [6, 6.07) is 11.4. The minimum absolute atomic E-state index is 0.157. The number of halogens is 1. The molecule has 2 aromatic carbocycles. The first-order chi connectivity index (χ1) is 11.5. The molecule has 0 bridgehead atoms. The molecule has 2 amide bonds. The van der Waals surface area contributed by atoms with Crippen LogP contribution in [0.5, 0.6) is 0 Å². The third-order valence-electron chi connectivity index (χ3n) is 4.63. The molecule has 1 spiro atoms. The normalized spacial score (nSPS) is 18.0. The number of carbonyl (C=O) groups is 1. The van der Waals surface area contributed by atoms with E-state index in [4.69, 9.17) is 10.5 Å². The summed E-state index contributed by atoms with van der Waals surface area (Å²) >= 11 is 0. The van der Waals surface area contributed by atoms with Gasteiger partial charge >= 0.3 is 6.03 Å². The highest BCUT2D eigenvalue weighted by atomic mass is 19.1. The van der Waals surface area contributed by atoms with Gasteiger partial charge in [-0.15, -0.1) is 0 Å². The Balaban J connectivity index is 1.49. The van der Waals surface area contributed by atoms with Crippen LogP contribution >= 0.6 is 0 Å². The van der Waals surface area contributed by atoms with Gasteiger partial charge in [0, 0.05) is 13.1 Å². The van der Waals surface area contributed by atoms with Crippen LogP contribution in [0.15, 0.2) is 42.5 Å². The quantitative estimate of drug-likeness (QED) is 0.834. The SMILES string of the molecule is Nc1ccc(-c2ccc(F)cc2)cc1NC(=O)N1CC2(COC2)C1. The van der Waals surface area contributed by atoms with Crippen LogP contribution in [0.2, 0.25) is 0 Å². The molecule has 5 nitrogen and oxygen atoms in total. The van der Waals surface area contributed by atoms with Crippen molar-refractivity contribution in [1.82, 2.24) is 4.90 Å². The highest BCUT2D eigenvalue weighted by Crippen LogP contribution is 2.38. The van der Waals surface area contributed by atoms with E-state index in [0.717, 1.165) is 37.4 Å². The maximum Gasteiger partial charge on any atom is 0.321 e. The molecule has 2 aliphatic rings. The first kappa shape index (κ1) is 15.0. The van der Waals surface area contributed by atoms with Gasteiger partial charge in [0.25, 0.3) is 0 Å². The van der Waals surface area contributed by atoms with E-state index in [-0.39, 0.29) is 17.3 Å². The third-order valence-corrected chi connectivity index (χ3v) is 4.63. The van der Waals surface area contributed by atoms with E-state index < -0.39 is 0 Å². The lowest BCUT2D eigenvalue weighted by Gasteiger charge is -2.54. The molecule has 0 saturated carbocycles. The molecule has 2 fully saturated rings. The number of nitrogens with one attached hydrogen (secondary N) is 1. The molecule has 24 heavy (non-hydrogen) atoms.